The van der Waals surface area contributed by atoms with Gasteiger partial charge in [-0.3, -0.25) is 0 Å². The third kappa shape index (κ3) is 5.16. The third-order valence-electron chi connectivity index (χ3n) is 3.71. The van der Waals surface area contributed by atoms with Crippen molar-refractivity contribution in [1.82, 2.24) is 9.97 Å². The average Bonchev–Trinajstić information content (AvgIpc) is 2.48. The van der Waals surface area contributed by atoms with Gasteiger partial charge in [0.05, 0.1) is 0 Å². The summed E-state index contributed by atoms with van der Waals surface area (Å²) in [4.78, 5) is 9.26. The minimum atomic E-state index is 0.164. The van der Waals surface area contributed by atoms with Gasteiger partial charge in [0.15, 0.2) is 0 Å². The smallest absolute Gasteiger partial charge is 0.134 e. The van der Waals surface area contributed by atoms with Gasteiger partial charge in [0.1, 0.15) is 17.5 Å². The van der Waals surface area contributed by atoms with Crippen LogP contribution in [0.1, 0.15) is 51.9 Å². The lowest BCUT2D eigenvalue weighted by Gasteiger charge is -2.22. The predicted octanol–water partition coefficient (Wildman–Crippen LogP) is 2.99. The van der Waals surface area contributed by atoms with E-state index in [4.69, 9.17) is 0 Å². The van der Waals surface area contributed by atoms with E-state index in [9.17, 15) is 5.11 Å². The molecule has 0 aliphatic rings. The van der Waals surface area contributed by atoms with Crippen LogP contribution in [0.4, 0.5) is 11.6 Å². The molecule has 0 aromatic carbocycles. The molecule has 1 rings (SSSR count). The number of hydrogen-bond acceptors (Lipinski definition) is 5. The minimum Gasteiger partial charge on any atom is -0.396 e. The summed E-state index contributed by atoms with van der Waals surface area (Å²) in [7, 11) is 0. The van der Waals surface area contributed by atoms with Gasteiger partial charge in [-0.2, -0.15) is 0 Å². The summed E-state index contributed by atoms with van der Waals surface area (Å²) < 4.78 is 0. The number of aliphatic hydroxyl groups is 1. The fourth-order valence-electron chi connectivity index (χ4n) is 1.97. The summed E-state index contributed by atoms with van der Waals surface area (Å²) in [5.41, 5.74) is 1.04. The zero-order valence-corrected chi connectivity index (χ0v) is 14.0. The molecular formula is C16H30N4O. The van der Waals surface area contributed by atoms with E-state index >= 15 is 0 Å². The van der Waals surface area contributed by atoms with Crippen LogP contribution in [0, 0.1) is 12.8 Å². The number of anilines is 2. The van der Waals surface area contributed by atoms with Crippen LogP contribution in [0.25, 0.3) is 0 Å². The van der Waals surface area contributed by atoms with Crippen molar-refractivity contribution in [1.29, 1.82) is 0 Å². The molecule has 5 heteroatoms. The van der Waals surface area contributed by atoms with E-state index in [0.29, 0.717) is 0 Å². The van der Waals surface area contributed by atoms with Crippen LogP contribution in [0.2, 0.25) is 0 Å². The molecule has 0 spiro atoms. The number of aliphatic hydroxyl groups excluding tert-OH is 1. The Bertz CT molecular complexity index is 437. The van der Waals surface area contributed by atoms with Crippen LogP contribution in [-0.4, -0.2) is 34.3 Å². The highest BCUT2D eigenvalue weighted by Gasteiger charge is 2.16. The lowest BCUT2D eigenvalue weighted by Crippen LogP contribution is -2.27. The maximum absolute atomic E-state index is 9.28. The largest absolute Gasteiger partial charge is 0.396 e. The molecule has 0 bridgehead atoms. The van der Waals surface area contributed by atoms with E-state index in [1.807, 2.05) is 13.8 Å². The summed E-state index contributed by atoms with van der Waals surface area (Å²) in [6, 6.07) is 0.164. The Hall–Kier alpha value is -1.36. The van der Waals surface area contributed by atoms with Crippen LogP contribution >= 0.6 is 0 Å². The predicted molar refractivity (Wildman–Crippen MR) is 88.9 cm³/mol. The average molecular weight is 294 g/mol. The second kappa shape index (κ2) is 8.82. The van der Waals surface area contributed by atoms with Gasteiger partial charge in [-0.25, -0.2) is 9.97 Å². The standard InChI is InChI=1S/C16H30N4O/c1-6-8-14-19-15(17-9-7-2)12(4)16(20-14)18-13(5)11(3)10-21/h11,13,21H,6-10H2,1-5H3,(H2,17,18,19,20). The summed E-state index contributed by atoms with van der Waals surface area (Å²) in [6.07, 6.45) is 2.96. The SMILES string of the molecule is CCCNc1nc(CCC)nc(NC(C)C(C)CO)c1C. The van der Waals surface area contributed by atoms with Crippen LogP contribution in [-0.2, 0) is 6.42 Å². The Morgan fingerprint density at radius 1 is 1.10 bits per heavy atom. The summed E-state index contributed by atoms with van der Waals surface area (Å²) >= 11 is 0. The monoisotopic (exact) mass is 294 g/mol. The second-order valence-corrected chi connectivity index (χ2v) is 5.73. The number of aryl methyl sites for hydroxylation is 1. The Kier molecular flexibility index (Phi) is 7.43. The molecule has 3 N–H and O–H groups in total. The fourth-order valence-corrected chi connectivity index (χ4v) is 1.97. The third-order valence-corrected chi connectivity index (χ3v) is 3.71. The molecule has 1 aromatic rings. The molecular weight excluding hydrogens is 264 g/mol. The highest BCUT2D eigenvalue weighted by Crippen LogP contribution is 2.22. The van der Waals surface area contributed by atoms with Gasteiger partial charge in [0.25, 0.3) is 0 Å². The molecule has 1 heterocycles. The van der Waals surface area contributed by atoms with Crippen molar-refractivity contribution in [2.75, 3.05) is 23.8 Å². The van der Waals surface area contributed by atoms with E-state index in [2.05, 4.69) is 41.4 Å². The second-order valence-electron chi connectivity index (χ2n) is 5.73. The number of hydrogen-bond donors (Lipinski definition) is 3. The van der Waals surface area contributed by atoms with Gasteiger partial charge >= 0.3 is 0 Å². The van der Waals surface area contributed by atoms with Crippen molar-refractivity contribution in [2.24, 2.45) is 5.92 Å². The maximum atomic E-state index is 9.28. The van der Waals surface area contributed by atoms with Crippen molar-refractivity contribution in [3.05, 3.63) is 11.4 Å². The first-order valence-corrected chi connectivity index (χ1v) is 8.02. The molecule has 0 saturated heterocycles. The first kappa shape index (κ1) is 17.7. The molecule has 21 heavy (non-hydrogen) atoms. The number of aromatic nitrogens is 2. The zero-order chi connectivity index (χ0) is 15.8. The summed E-state index contributed by atoms with van der Waals surface area (Å²) in [5, 5.41) is 16.1. The van der Waals surface area contributed by atoms with Crippen LogP contribution < -0.4 is 10.6 Å². The van der Waals surface area contributed by atoms with Gasteiger partial charge in [-0.1, -0.05) is 20.8 Å². The van der Waals surface area contributed by atoms with Crippen LogP contribution in [0.5, 0.6) is 0 Å². The molecule has 0 radical (unpaired) electrons. The molecule has 0 amide bonds. The molecule has 5 nitrogen and oxygen atoms in total. The molecule has 0 saturated carbocycles. The van der Waals surface area contributed by atoms with E-state index in [0.717, 1.165) is 48.8 Å². The quantitative estimate of drug-likeness (QED) is 0.653. The molecule has 0 fully saturated rings. The number of rotatable bonds is 9. The van der Waals surface area contributed by atoms with Crippen molar-refractivity contribution in [2.45, 2.75) is 59.9 Å². The van der Waals surface area contributed by atoms with Gasteiger partial charge in [0, 0.05) is 31.2 Å². The van der Waals surface area contributed by atoms with Crippen molar-refractivity contribution in [3.8, 4) is 0 Å². The Morgan fingerprint density at radius 3 is 2.33 bits per heavy atom. The molecule has 1 aromatic heterocycles. The van der Waals surface area contributed by atoms with Gasteiger partial charge in [-0.05, 0) is 32.6 Å². The molecule has 120 valence electrons. The van der Waals surface area contributed by atoms with Crippen molar-refractivity contribution in [3.63, 3.8) is 0 Å². The molecule has 0 aliphatic carbocycles. The van der Waals surface area contributed by atoms with E-state index in [1.165, 1.54) is 0 Å². The highest BCUT2D eigenvalue weighted by molar-refractivity contribution is 5.57. The van der Waals surface area contributed by atoms with Gasteiger partial charge in [-0.15, -0.1) is 0 Å². The minimum absolute atomic E-state index is 0.164. The van der Waals surface area contributed by atoms with Gasteiger partial charge in [0.2, 0.25) is 0 Å². The normalized spacial score (nSPS) is 13.8. The van der Waals surface area contributed by atoms with Crippen molar-refractivity contribution < 1.29 is 5.11 Å². The summed E-state index contributed by atoms with van der Waals surface area (Å²) in [5.74, 6) is 2.84. The lowest BCUT2D eigenvalue weighted by atomic mass is 10.1. The molecule has 2 unspecified atom stereocenters. The Labute approximate surface area is 128 Å². The summed E-state index contributed by atoms with van der Waals surface area (Å²) in [6.45, 7) is 11.5. The van der Waals surface area contributed by atoms with E-state index in [1.54, 1.807) is 0 Å². The van der Waals surface area contributed by atoms with Gasteiger partial charge < -0.3 is 15.7 Å². The lowest BCUT2D eigenvalue weighted by molar-refractivity contribution is 0.226. The van der Waals surface area contributed by atoms with E-state index < -0.39 is 0 Å². The first-order valence-electron chi connectivity index (χ1n) is 8.02. The van der Waals surface area contributed by atoms with Crippen LogP contribution in [0.3, 0.4) is 0 Å². The fraction of sp³-hybridized carbons (Fsp3) is 0.750. The molecule has 0 aliphatic heterocycles. The number of nitrogens with zero attached hydrogens (tertiary/aromatic N) is 2. The Morgan fingerprint density at radius 2 is 1.76 bits per heavy atom. The van der Waals surface area contributed by atoms with Crippen LogP contribution in [0.15, 0.2) is 0 Å². The highest BCUT2D eigenvalue weighted by atomic mass is 16.3. The first-order chi connectivity index (χ1) is 10.0. The number of nitrogens with one attached hydrogen (secondary N) is 2. The zero-order valence-electron chi connectivity index (χ0n) is 14.0. The topological polar surface area (TPSA) is 70.1 Å². The van der Waals surface area contributed by atoms with E-state index in [-0.39, 0.29) is 18.6 Å². The Balaban J connectivity index is 3.01. The maximum Gasteiger partial charge on any atom is 0.134 e. The van der Waals surface area contributed by atoms with Crippen molar-refractivity contribution >= 4 is 11.6 Å². The molecule has 2 atom stereocenters.